The van der Waals surface area contributed by atoms with Gasteiger partial charge in [-0.15, -0.1) is 0 Å². The maximum absolute atomic E-state index is 12.6. The molecule has 0 spiro atoms. The third-order valence-corrected chi connectivity index (χ3v) is 3.80. The number of hydrogen-bond acceptors (Lipinski definition) is 2. The highest BCUT2D eigenvalue weighted by atomic mass is 16.3. The fourth-order valence-electron chi connectivity index (χ4n) is 2.83. The van der Waals surface area contributed by atoms with Crippen LogP contribution in [0.1, 0.15) is 15.9 Å². The molecule has 1 N–H and O–H groups in total. The second-order valence-corrected chi connectivity index (χ2v) is 4.97. The van der Waals surface area contributed by atoms with Gasteiger partial charge in [-0.1, -0.05) is 24.3 Å². The third kappa shape index (κ3) is 1.39. The molecule has 0 fully saturated rings. The Bertz CT molecular complexity index is 851. The molecule has 0 bridgehead atoms. The van der Waals surface area contributed by atoms with Crippen LogP contribution in [0.3, 0.4) is 0 Å². The minimum absolute atomic E-state index is 0.0776. The van der Waals surface area contributed by atoms with E-state index in [2.05, 4.69) is 0 Å². The van der Waals surface area contributed by atoms with Crippen molar-refractivity contribution in [1.29, 1.82) is 0 Å². The van der Waals surface area contributed by atoms with Crippen molar-refractivity contribution in [2.75, 3.05) is 0 Å². The van der Waals surface area contributed by atoms with Crippen molar-refractivity contribution >= 4 is 22.6 Å². The Hall–Kier alpha value is -2.74. The molecule has 94 valence electrons. The van der Waals surface area contributed by atoms with Crippen LogP contribution >= 0.6 is 0 Å². The van der Waals surface area contributed by atoms with E-state index in [1.54, 1.807) is 6.08 Å². The van der Waals surface area contributed by atoms with Crippen LogP contribution in [0.5, 0.6) is 5.75 Å². The van der Waals surface area contributed by atoms with Crippen molar-refractivity contribution in [2.24, 2.45) is 0 Å². The molecule has 0 amide bonds. The smallest absolute Gasteiger partial charge is 0.252 e. The second-order valence-electron chi connectivity index (χ2n) is 4.97. The van der Waals surface area contributed by atoms with Gasteiger partial charge in [0.25, 0.3) is 5.78 Å². The third-order valence-electron chi connectivity index (χ3n) is 3.80. The number of allylic oxidation sites excluding steroid dienone is 5. The lowest BCUT2D eigenvalue weighted by molar-refractivity contribution is 0.103. The van der Waals surface area contributed by atoms with Crippen LogP contribution in [0.2, 0.25) is 0 Å². The minimum atomic E-state index is -0.110. The molecule has 2 aliphatic rings. The van der Waals surface area contributed by atoms with E-state index in [0.717, 1.165) is 16.5 Å². The van der Waals surface area contributed by atoms with Gasteiger partial charge in [0.1, 0.15) is 11.3 Å². The minimum Gasteiger partial charge on any atom is -0.506 e. The maximum Gasteiger partial charge on any atom is 0.252 e. The first kappa shape index (κ1) is 11.1. The Balaban J connectivity index is 2.10. The van der Waals surface area contributed by atoms with E-state index < -0.39 is 0 Å². The highest BCUT2D eigenvalue weighted by Gasteiger charge is 2.32. The van der Waals surface area contributed by atoms with Crippen molar-refractivity contribution in [1.82, 2.24) is 0 Å². The van der Waals surface area contributed by atoms with Gasteiger partial charge in [-0.2, -0.15) is 0 Å². The number of fused-ring (bicyclic) bond motifs is 3. The van der Waals surface area contributed by atoms with Crippen molar-refractivity contribution in [3.05, 3.63) is 77.3 Å². The molecule has 0 heterocycles. The molecule has 0 saturated carbocycles. The number of carbonyl (C=O) groups is 1. The lowest BCUT2D eigenvalue weighted by atomic mass is 9.82. The fourth-order valence-corrected chi connectivity index (χ4v) is 2.83. The first-order chi connectivity index (χ1) is 9.75. The molecule has 0 aromatic heterocycles. The highest BCUT2D eigenvalue weighted by molar-refractivity contribution is 6.21. The monoisotopic (exact) mass is 259 g/mol. The van der Waals surface area contributed by atoms with Crippen LogP contribution in [-0.4, -0.2) is 10.9 Å². The number of aromatic hydroxyl groups is 1. The largest absolute Gasteiger partial charge is 0.506 e. The van der Waals surface area contributed by atoms with Gasteiger partial charge in [0.15, 0.2) is 0 Å². The number of Topliss-reactive ketones (excluding diaryl/α,β-unsaturated/α-hetero) is 1. The van der Waals surface area contributed by atoms with Gasteiger partial charge < -0.3 is 5.11 Å². The molecule has 2 heteroatoms. The molecule has 2 aromatic carbocycles. The molecule has 0 aliphatic heterocycles. The van der Waals surface area contributed by atoms with Gasteiger partial charge >= 0.3 is 0 Å². The van der Waals surface area contributed by atoms with Crippen molar-refractivity contribution < 1.29 is 9.90 Å². The summed E-state index contributed by atoms with van der Waals surface area (Å²) >= 11 is 0. The van der Waals surface area contributed by atoms with Crippen LogP contribution in [0, 0.1) is 6.42 Å². The Morgan fingerprint density at radius 2 is 2.00 bits per heavy atom. The van der Waals surface area contributed by atoms with Gasteiger partial charge in [-0.25, -0.2) is 0 Å². The molecule has 2 nitrogen and oxygen atoms in total. The van der Waals surface area contributed by atoms with Crippen molar-refractivity contribution in [3.8, 4) is 5.75 Å². The lowest BCUT2D eigenvalue weighted by Gasteiger charge is -2.16. The summed E-state index contributed by atoms with van der Waals surface area (Å²) in [5.74, 6) is -0.0322. The topological polar surface area (TPSA) is 37.3 Å². The molecule has 4 rings (SSSR count). The maximum atomic E-state index is 12.6. The molecule has 0 saturated heterocycles. The van der Waals surface area contributed by atoms with Crippen LogP contribution in [0.4, 0.5) is 0 Å². The summed E-state index contributed by atoms with van der Waals surface area (Å²) in [7, 11) is 0. The van der Waals surface area contributed by atoms with Gasteiger partial charge in [0.2, 0.25) is 0 Å². The number of phenols is 1. The second kappa shape index (κ2) is 3.87. The summed E-state index contributed by atoms with van der Waals surface area (Å²) in [6.07, 6.45) is 9.43. The van der Waals surface area contributed by atoms with E-state index in [1.807, 2.05) is 55.0 Å². The standard InChI is InChI=1S/C18H10O2/c19-17-14-7-3-1-5-11(14)9-13-10-12-6-2-4-8-15(12)18(20)16(13)17/h1-10H/p+1. The fraction of sp³-hybridized carbons (Fsp3) is 0. The van der Waals surface area contributed by atoms with Crippen LogP contribution in [-0.2, 0) is 0 Å². The lowest BCUT2D eigenvalue weighted by Crippen LogP contribution is -2.13. The normalized spacial score (nSPS) is 16.1. The van der Waals surface area contributed by atoms with Gasteiger partial charge in [-0.3, -0.25) is 4.79 Å². The molecule has 0 atom stereocenters. The van der Waals surface area contributed by atoms with Gasteiger partial charge in [0, 0.05) is 24.0 Å². The summed E-state index contributed by atoms with van der Waals surface area (Å²) in [6.45, 7) is 0. The van der Waals surface area contributed by atoms with Crippen molar-refractivity contribution in [3.63, 3.8) is 0 Å². The average molecular weight is 259 g/mol. The molecular formula is C18H11O2+. The summed E-state index contributed by atoms with van der Waals surface area (Å²) in [4.78, 5) is 12.6. The Morgan fingerprint density at radius 1 is 1.15 bits per heavy atom. The zero-order valence-corrected chi connectivity index (χ0v) is 10.6. The van der Waals surface area contributed by atoms with Gasteiger partial charge in [0.05, 0.1) is 17.2 Å². The van der Waals surface area contributed by atoms with E-state index in [0.29, 0.717) is 16.5 Å². The van der Waals surface area contributed by atoms with Crippen LogP contribution < -0.4 is 0 Å². The predicted octanol–water partition coefficient (Wildman–Crippen LogP) is 3.83. The highest BCUT2D eigenvalue weighted by Crippen LogP contribution is 2.39. The van der Waals surface area contributed by atoms with E-state index in [-0.39, 0.29) is 11.5 Å². The number of hydrogen-bond donors (Lipinski definition) is 1. The van der Waals surface area contributed by atoms with Crippen LogP contribution in [0.25, 0.3) is 16.8 Å². The zero-order chi connectivity index (χ0) is 13.7. The summed E-state index contributed by atoms with van der Waals surface area (Å²) in [6, 6.07) is 9.51. The molecule has 2 aromatic rings. The number of ketones is 1. The number of rotatable bonds is 0. The summed E-state index contributed by atoms with van der Waals surface area (Å²) in [5.41, 5.74) is 2.73. The van der Waals surface area contributed by atoms with E-state index in [1.165, 1.54) is 0 Å². The molecular weight excluding hydrogens is 248 g/mol. The molecule has 0 unspecified atom stereocenters. The van der Waals surface area contributed by atoms with Crippen LogP contribution in [0.15, 0.2) is 59.7 Å². The number of benzene rings is 2. The van der Waals surface area contributed by atoms with Crippen molar-refractivity contribution in [2.45, 2.75) is 0 Å². The Morgan fingerprint density at radius 3 is 2.90 bits per heavy atom. The van der Waals surface area contributed by atoms with Gasteiger partial charge in [-0.05, 0) is 23.1 Å². The quantitative estimate of drug-likeness (QED) is 0.730. The number of phenolic OH excluding ortho intramolecular Hbond substituents is 1. The first-order valence-electron chi connectivity index (χ1n) is 6.49. The number of carbonyl (C=O) groups excluding carboxylic acids is 1. The summed E-state index contributed by atoms with van der Waals surface area (Å²) < 4.78 is 0. The molecule has 20 heavy (non-hydrogen) atoms. The average Bonchev–Trinajstić information content (AvgIpc) is 2.47. The Labute approximate surface area is 116 Å². The predicted molar refractivity (Wildman–Crippen MR) is 79.4 cm³/mol. The molecule has 2 aliphatic carbocycles. The summed E-state index contributed by atoms with van der Waals surface area (Å²) in [5, 5.41) is 12.1. The Kier molecular flexibility index (Phi) is 2.15. The van der Waals surface area contributed by atoms with E-state index in [9.17, 15) is 9.90 Å². The first-order valence-corrected chi connectivity index (χ1v) is 6.49. The SMILES string of the molecule is O=C1C2=C[CH+]C=CC2=Cc2cc3ccccc3c(O)c21. The van der Waals surface area contributed by atoms with E-state index in [4.69, 9.17) is 0 Å². The van der Waals surface area contributed by atoms with E-state index >= 15 is 0 Å². The zero-order valence-electron chi connectivity index (χ0n) is 10.6. The molecule has 0 radical (unpaired) electrons.